The number of para-hydroxylation sites is 2. The molecular formula is C17H17BrN2O. The fraction of sp³-hybridized carbons (Fsp3) is 0.235. The molecule has 0 aliphatic rings. The summed E-state index contributed by atoms with van der Waals surface area (Å²) in [5.41, 5.74) is 3.00. The van der Waals surface area contributed by atoms with Gasteiger partial charge < -0.3 is 4.42 Å². The van der Waals surface area contributed by atoms with Crippen LogP contribution in [-0.4, -0.2) is 16.9 Å². The molecule has 0 aliphatic heterocycles. The number of hydrogen-bond donors (Lipinski definition) is 0. The van der Waals surface area contributed by atoms with E-state index in [1.807, 2.05) is 30.3 Å². The van der Waals surface area contributed by atoms with Crippen LogP contribution in [0.4, 0.5) is 0 Å². The minimum Gasteiger partial charge on any atom is -0.439 e. The normalized spacial score (nSPS) is 13.0. The first-order valence-corrected chi connectivity index (χ1v) is 7.73. The molecule has 0 N–H and O–H groups in total. The highest BCUT2D eigenvalue weighted by molar-refractivity contribution is 9.10. The van der Waals surface area contributed by atoms with E-state index < -0.39 is 0 Å². The van der Waals surface area contributed by atoms with Crippen LogP contribution in [0.25, 0.3) is 11.1 Å². The summed E-state index contributed by atoms with van der Waals surface area (Å²) in [7, 11) is 2.08. The lowest BCUT2D eigenvalue weighted by atomic mass is 10.2. The zero-order chi connectivity index (χ0) is 14.8. The third-order valence-corrected chi connectivity index (χ3v) is 4.48. The van der Waals surface area contributed by atoms with Gasteiger partial charge in [-0.25, -0.2) is 4.98 Å². The minimum atomic E-state index is 0.115. The summed E-state index contributed by atoms with van der Waals surface area (Å²) in [6.45, 7) is 2.95. The van der Waals surface area contributed by atoms with Crippen LogP contribution in [0.15, 0.2) is 57.4 Å². The van der Waals surface area contributed by atoms with Crippen molar-refractivity contribution in [1.29, 1.82) is 0 Å². The smallest absolute Gasteiger partial charge is 0.212 e. The molecule has 3 rings (SSSR count). The Hall–Kier alpha value is -1.65. The first kappa shape index (κ1) is 14.3. The molecule has 0 fully saturated rings. The van der Waals surface area contributed by atoms with Gasteiger partial charge in [0.15, 0.2) is 5.58 Å². The van der Waals surface area contributed by atoms with E-state index in [4.69, 9.17) is 4.42 Å². The van der Waals surface area contributed by atoms with Gasteiger partial charge in [-0.1, -0.05) is 46.3 Å². The third-order valence-electron chi connectivity index (χ3n) is 3.71. The number of rotatable bonds is 4. The number of nitrogens with zero attached hydrogens (tertiary/aromatic N) is 2. The average molecular weight is 345 g/mol. The summed E-state index contributed by atoms with van der Waals surface area (Å²) in [6.07, 6.45) is 0. The Morgan fingerprint density at radius 1 is 1.14 bits per heavy atom. The van der Waals surface area contributed by atoms with E-state index in [0.29, 0.717) is 0 Å². The SMILES string of the molecule is CC(c1nc2ccccc2o1)N(C)Cc1ccccc1Br. The molecule has 0 spiro atoms. The molecule has 0 saturated carbocycles. The van der Waals surface area contributed by atoms with Crippen LogP contribution in [0.3, 0.4) is 0 Å². The summed E-state index contributed by atoms with van der Waals surface area (Å²) < 4.78 is 6.98. The number of halogens is 1. The second-order valence-corrected chi connectivity index (χ2v) is 6.06. The van der Waals surface area contributed by atoms with Gasteiger partial charge in [0, 0.05) is 11.0 Å². The maximum atomic E-state index is 5.85. The quantitative estimate of drug-likeness (QED) is 0.681. The van der Waals surface area contributed by atoms with Crippen molar-refractivity contribution in [3.05, 3.63) is 64.5 Å². The van der Waals surface area contributed by atoms with Crippen LogP contribution in [0.1, 0.15) is 24.4 Å². The second kappa shape index (κ2) is 6.00. The summed E-state index contributed by atoms with van der Waals surface area (Å²) in [4.78, 5) is 6.80. The van der Waals surface area contributed by atoms with Crippen molar-refractivity contribution in [1.82, 2.24) is 9.88 Å². The van der Waals surface area contributed by atoms with Crippen LogP contribution >= 0.6 is 15.9 Å². The number of aromatic nitrogens is 1. The molecule has 2 aromatic carbocycles. The van der Waals surface area contributed by atoms with E-state index in [9.17, 15) is 0 Å². The molecule has 1 heterocycles. The molecule has 0 aliphatic carbocycles. The molecule has 108 valence electrons. The fourth-order valence-electron chi connectivity index (χ4n) is 2.29. The largest absolute Gasteiger partial charge is 0.439 e. The van der Waals surface area contributed by atoms with Crippen molar-refractivity contribution in [2.24, 2.45) is 0 Å². The molecule has 0 radical (unpaired) electrons. The van der Waals surface area contributed by atoms with E-state index in [1.54, 1.807) is 0 Å². The van der Waals surface area contributed by atoms with Crippen molar-refractivity contribution < 1.29 is 4.42 Å². The molecule has 1 atom stereocenters. The Kier molecular flexibility index (Phi) is 4.08. The zero-order valence-electron chi connectivity index (χ0n) is 12.1. The molecule has 3 nitrogen and oxygen atoms in total. The highest BCUT2D eigenvalue weighted by Gasteiger charge is 2.18. The molecule has 1 unspecified atom stereocenters. The highest BCUT2D eigenvalue weighted by atomic mass is 79.9. The predicted octanol–water partition coefficient (Wildman–Crippen LogP) is 4.78. The van der Waals surface area contributed by atoms with Crippen LogP contribution in [-0.2, 0) is 6.54 Å². The number of benzene rings is 2. The molecule has 0 amide bonds. The van der Waals surface area contributed by atoms with Crippen LogP contribution in [0.5, 0.6) is 0 Å². The lowest BCUT2D eigenvalue weighted by molar-refractivity contribution is 0.219. The lowest BCUT2D eigenvalue weighted by Crippen LogP contribution is -2.22. The molecule has 3 aromatic rings. The zero-order valence-corrected chi connectivity index (χ0v) is 13.7. The van der Waals surface area contributed by atoms with Gasteiger partial charge in [-0.15, -0.1) is 0 Å². The predicted molar refractivity (Wildman–Crippen MR) is 88.0 cm³/mol. The van der Waals surface area contributed by atoms with Crippen molar-refractivity contribution in [3.8, 4) is 0 Å². The van der Waals surface area contributed by atoms with E-state index in [1.165, 1.54) is 5.56 Å². The molecule has 1 aromatic heterocycles. The molecule has 21 heavy (non-hydrogen) atoms. The van der Waals surface area contributed by atoms with Gasteiger partial charge in [0.1, 0.15) is 5.52 Å². The van der Waals surface area contributed by atoms with Gasteiger partial charge in [0.2, 0.25) is 5.89 Å². The van der Waals surface area contributed by atoms with Crippen LogP contribution < -0.4 is 0 Å². The Bertz CT molecular complexity index is 720. The van der Waals surface area contributed by atoms with Crippen molar-refractivity contribution in [3.63, 3.8) is 0 Å². The Morgan fingerprint density at radius 2 is 1.86 bits per heavy atom. The summed E-state index contributed by atoms with van der Waals surface area (Å²) in [6, 6.07) is 16.2. The van der Waals surface area contributed by atoms with Crippen molar-refractivity contribution in [2.75, 3.05) is 7.05 Å². The Morgan fingerprint density at radius 3 is 2.62 bits per heavy atom. The van der Waals surface area contributed by atoms with Gasteiger partial charge in [-0.3, -0.25) is 4.90 Å². The van der Waals surface area contributed by atoms with Gasteiger partial charge in [-0.2, -0.15) is 0 Å². The maximum Gasteiger partial charge on any atom is 0.212 e. The second-order valence-electron chi connectivity index (χ2n) is 5.20. The van der Waals surface area contributed by atoms with Crippen molar-refractivity contribution >= 4 is 27.0 Å². The van der Waals surface area contributed by atoms with E-state index in [0.717, 1.165) is 28.0 Å². The van der Waals surface area contributed by atoms with Crippen molar-refractivity contribution in [2.45, 2.75) is 19.5 Å². The minimum absolute atomic E-state index is 0.115. The molecule has 0 bridgehead atoms. The first-order chi connectivity index (χ1) is 10.1. The Balaban J connectivity index is 1.80. The summed E-state index contributed by atoms with van der Waals surface area (Å²) in [5, 5.41) is 0. The van der Waals surface area contributed by atoms with Gasteiger partial charge >= 0.3 is 0 Å². The van der Waals surface area contributed by atoms with Gasteiger partial charge in [0.05, 0.1) is 6.04 Å². The third kappa shape index (κ3) is 3.01. The number of oxazole rings is 1. The first-order valence-electron chi connectivity index (χ1n) is 6.94. The topological polar surface area (TPSA) is 29.3 Å². The molecule has 0 saturated heterocycles. The number of hydrogen-bond acceptors (Lipinski definition) is 3. The lowest BCUT2D eigenvalue weighted by Gasteiger charge is -2.22. The van der Waals surface area contributed by atoms with E-state index in [-0.39, 0.29) is 6.04 Å². The number of fused-ring (bicyclic) bond motifs is 1. The van der Waals surface area contributed by atoms with Crippen LogP contribution in [0.2, 0.25) is 0 Å². The van der Waals surface area contributed by atoms with Gasteiger partial charge in [-0.05, 0) is 37.7 Å². The summed E-state index contributed by atoms with van der Waals surface area (Å²) in [5.74, 6) is 0.755. The highest BCUT2D eigenvalue weighted by Crippen LogP contribution is 2.26. The van der Waals surface area contributed by atoms with E-state index in [2.05, 4.69) is 58.0 Å². The standard InChI is InChI=1S/C17H17BrN2O/c1-12(17-19-15-9-5-6-10-16(15)21-17)20(2)11-13-7-3-4-8-14(13)18/h3-10,12H,11H2,1-2H3. The fourth-order valence-corrected chi connectivity index (χ4v) is 2.70. The van der Waals surface area contributed by atoms with E-state index >= 15 is 0 Å². The molecule has 4 heteroatoms. The monoisotopic (exact) mass is 344 g/mol. The van der Waals surface area contributed by atoms with Crippen LogP contribution in [0, 0.1) is 0 Å². The summed E-state index contributed by atoms with van der Waals surface area (Å²) >= 11 is 3.59. The van der Waals surface area contributed by atoms with Gasteiger partial charge in [0.25, 0.3) is 0 Å². The average Bonchev–Trinajstić information content (AvgIpc) is 2.92. The maximum absolute atomic E-state index is 5.85. The Labute approximate surface area is 132 Å². The molecular weight excluding hydrogens is 328 g/mol.